The smallest absolute Gasteiger partial charge is 0.326 e. The number of hydrogen-bond acceptors (Lipinski definition) is 4. The molecule has 0 heterocycles. The first kappa shape index (κ1) is 19.0. The fraction of sp³-hybridized carbons (Fsp3) is 0.400. The minimum Gasteiger partial charge on any atom is -0.480 e. The van der Waals surface area contributed by atoms with Crippen LogP contribution >= 0.6 is 11.8 Å². The summed E-state index contributed by atoms with van der Waals surface area (Å²) in [6.45, 7) is 0. The Bertz CT molecular complexity index is 539. The number of carboxylic acids is 1. The predicted molar refractivity (Wildman–Crippen MR) is 85.7 cm³/mol. The van der Waals surface area contributed by atoms with Crippen molar-refractivity contribution in [2.24, 2.45) is 0 Å². The zero-order valence-electron chi connectivity index (χ0n) is 12.6. The van der Waals surface area contributed by atoms with Crippen LogP contribution in [0.3, 0.4) is 0 Å². The molecule has 0 saturated heterocycles. The van der Waals surface area contributed by atoms with Crippen LogP contribution in [0.1, 0.15) is 12.0 Å². The molecule has 126 valence electrons. The van der Waals surface area contributed by atoms with Gasteiger partial charge in [-0.25, -0.2) is 9.18 Å². The molecule has 6 nitrogen and oxygen atoms in total. The van der Waals surface area contributed by atoms with E-state index in [9.17, 15) is 18.8 Å². The first-order valence-electron chi connectivity index (χ1n) is 6.94. The first-order valence-corrected chi connectivity index (χ1v) is 8.33. The summed E-state index contributed by atoms with van der Waals surface area (Å²) in [6.07, 6.45) is 2.64. The number of amides is 2. The predicted octanol–water partition coefficient (Wildman–Crippen LogP) is 0.805. The van der Waals surface area contributed by atoms with Crippen LogP contribution in [0.4, 0.5) is 4.39 Å². The fourth-order valence-electron chi connectivity index (χ4n) is 1.93. The molecule has 3 N–H and O–H groups in total. The van der Waals surface area contributed by atoms with Crippen LogP contribution < -0.4 is 10.6 Å². The van der Waals surface area contributed by atoms with Crippen LogP contribution in [0.5, 0.6) is 0 Å². The van der Waals surface area contributed by atoms with Gasteiger partial charge in [0.1, 0.15) is 17.9 Å². The van der Waals surface area contributed by atoms with Gasteiger partial charge in [0.25, 0.3) is 0 Å². The summed E-state index contributed by atoms with van der Waals surface area (Å²) in [6, 6.07) is 3.58. The van der Waals surface area contributed by atoms with E-state index in [1.54, 1.807) is 0 Å². The molecule has 1 rings (SSSR count). The normalized spacial score (nSPS) is 13.0. The Kier molecular flexibility index (Phi) is 8.10. The number of benzene rings is 1. The third-order valence-electron chi connectivity index (χ3n) is 3.16. The highest BCUT2D eigenvalue weighted by atomic mass is 32.2. The van der Waals surface area contributed by atoms with Crippen molar-refractivity contribution in [1.29, 1.82) is 0 Å². The Labute approximate surface area is 137 Å². The molecule has 0 aliphatic carbocycles. The van der Waals surface area contributed by atoms with Crippen LogP contribution in [0.2, 0.25) is 0 Å². The maximum Gasteiger partial charge on any atom is 0.326 e. The molecule has 0 radical (unpaired) electrons. The summed E-state index contributed by atoms with van der Waals surface area (Å²) in [5, 5.41) is 13.9. The number of hydrogen-bond donors (Lipinski definition) is 3. The molecule has 1 aromatic carbocycles. The Balaban J connectivity index is 2.74. The van der Waals surface area contributed by atoms with Gasteiger partial charge in [0.15, 0.2) is 0 Å². The molecule has 0 aromatic heterocycles. The van der Waals surface area contributed by atoms with Crippen molar-refractivity contribution >= 4 is 30.0 Å². The Morgan fingerprint density at radius 1 is 1.30 bits per heavy atom. The molecular formula is C15H19FN2O4S. The van der Waals surface area contributed by atoms with Gasteiger partial charge in [-0.1, -0.05) is 12.1 Å². The van der Waals surface area contributed by atoms with E-state index in [0.717, 1.165) is 0 Å². The van der Waals surface area contributed by atoms with E-state index in [1.807, 2.05) is 6.26 Å². The number of carbonyl (C=O) groups excluding carboxylic acids is 2. The number of aliphatic carboxylic acids is 1. The quantitative estimate of drug-likeness (QED) is 0.547. The fourth-order valence-corrected chi connectivity index (χ4v) is 2.40. The van der Waals surface area contributed by atoms with E-state index < -0.39 is 29.8 Å². The summed E-state index contributed by atoms with van der Waals surface area (Å²) in [5.41, 5.74) is 0.650. The number of halogens is 1. The second-order valence-corrected chi connectivity index (χ2v) is 5.83. The van der Waals surface area contributed by atoms with E-state index in [-0.39, 0.29) is 12.8 Å². The highest BCUT2D eigenvalue weighted by Gasteiger charge is 2.25. The SMILES string of the molecule is CSCC[C@H](NC(=O)[C@H](Cc1ccc(F)cc1)NC=O)C(=O)O. The van der Waals surface area contributed by atoms with Crippen molar-refractivity contribution in [3.63, 3.8) is 0 Å². The van der Waals surface area contributed by atoms with E-state index in [4.69, 9.17) is 5.11 Å². The number of rotatable bonds is 10. The van der Waals surface area contributed by atoms with Crippen LogP contribution in [0.15, 0.2) is 24.3 Å². The summed E-state index contributed by atoms with van der Waals surface area (Å²) in [5.74, 6) is -1.53. The van der Waals surface area contributed by atoms with E-state index in [1.165, 1.54) is 36.0 Å². The van der Waals surface area contributed by atoms with Gasteiger partial charge in [-0.05, 0) is 36.1 Å². The molecule has 0 fully saturated rings. The highest BCUT2D eigenvalue weighted by molar-refractivity contribution is 7.98. The molecule has 0 spiro atoms. The molecule has 8 heteroatoms. The lowest BCUT2D eigenvalue weighted by molar-refractivity contribution is -0.142. The van der Waals surface area contributed by atoms with E-state index >= 15 is 0 Å². The number of thioether (sulfide) groups is 1. The standard InChI is InChI=1S/C15H19FN2O4S/c1-23-7-6-12(15(21)22)18-14(20)13(17-9-19)8-10-2-4-11(16)5-3-10/h2-5,9,12-13H,6-8H2,1H3,(H,17,19)(H,18,20)(H,21,22)/t12-,13-/m0/s1. The van der Waals surface area contributed by atoms with Crippen LogP contribution in [0.25, 0.3) is 0 Å². The Morgan fingerprint density at radius 3 is 2.48 bits per heavy atom. The minimum atomic E-state index is -1.13. The number of carbonyl (C=O) groups is 3. The van der Waals surface area contributed by atoms with Crippen molar-refractivity contribution in [2.75, 3.05) is 12.0 Å². The van der Waals surface area contributed by atoms with Gasteiger partial charge in [-0.15, -0.1) is 0 Å². The zero-order valence-corrected chi connectivity index (χ0v) is 13.4. The monoisotopic (exact) mass is 342 g/mol. The van der Waals surface area contributed by atoms with Gasteiger partial charge in [0.2, 0.25) is 12.3 Å². The lowest BCUT2D eigenvalue weighted by atomic mass is 10.0. The molecular weight excluding hydrogens is 323 g/mol. The highest BCUT2D eigenvalue weighted by Crippen LogP contribution is 2.07. The van der Waals surface area contributed by atoms with Crippen molar-refractivity contribution in [1.82, 2.24) is 10.6 Å². The zero-order chi connectivity index (χ0) is 17.2. The van der Waals surface area contributed by atoms with Crippen molar-refractivity contribution in [3.8, 4) is 0 Å². The maximum atomic E-state index is 12.9. The summed E-state index contributed by atoms with van der Waals surface area (Å²) in [4.78, 5) is 34.1. The topological polar surface area (TPSA) is 95.5 Å². The van der Waals surface area contributed by atoms with Crippen molar-refractivity contribution < 1.29 is 23.9 Å². The second kappa shape index (κ2) is 9.83. The van der Waals surface area contributed by atoms with E-state index in [2.05, 4.69) is 10.6 Å². The van der Waals surface area contributed by atoms with Crippen molar-refractivity contribution in [2.45, 2.75) is 24.9 Å². The van der Waals surface area contributed by atoms with Gasteiger partial charge < -0.3 is 15.7 Å². The third kappa shape index (κ3) is 6.68. The lowest BCUT2D eigenvalue weighted by Crippen LogP contribution is -2.51. The van der Waals surface area contributed by atoms with Crippen LogP contribution in [-0.4, -0.2) is 47.5 Å². The Morgan fingerprint density at radius 2 is 1.96 bits per heavy atom. The maximum absolute atomic E-state index is 12.9. The third-order valence-corrected chi connectivity index (χ3v) is 3.81. The molecule has 2 amide bonds. The average Bonchev–Trinajstić information content (AvgIpc) is 2.52. The molecule has 0 aliphatic rings. The van der Waals surface area contributed by atoms with Crippen molar-refractivity contribution in [3.05, 3.63) is 35.6 Å². The first-order chi connectivity index (χ1) is 11.0. The minimum absolute atomic E-state index is 0.139. The molecule has 1 aromatic rings. The number of nitrogens with one attached hydrogen (secondary N) is 2. The molecule has 23 heavy (non-hydrogen) atoms. The summed E-state index contributed by atoms with van der Waals surface area (Å²) < 4.78 is 12.9. The van der Waals surface area contributed by atoms with Gasteiger partial charge in [0.05, 0.1) is 0 Å². The second-order valence-electron chi connectivity index (χ2n) is 4.85. The Hall–Kier alpha value is -2.09. The summed E-state index contributed by atoms with van der Waals surface area (Å²) in [7, 11) is 0. The molecule has 0 aliphatic heterocycles. The molecule has 2 atom stereocenters. The van der Waals surface area contributed by atoms with E-state index in [0.29, 0.717) is 17.7 Å². The lowest BCUT2D eigenvalue weighted by Gasteiger charge is -2.20. The van der Waals surface area contributed by atoms with Gasteiger partial charge in [-0.3, -0.25) is 9.59 Å². The van der Waals surface area contributed by atoms with Crippen LogP contribution in [-0.2, 0) is 20.8 Å². The van der Waals surface area contributed by atoms with Gasteiger partial charge in [0, 0.05) is 6.42 Å². The molecule has 0 unspecified atom stereocenters. The summed E-state index contributed by atoms with van der Waals surface area (Å²) >= 11 is 1.48. The average molecular weight is 342 g/mol. The molecule has 0 saturated carbocycles. The molecule has 0 bridgehead atoms. The van der Waals surface area contributed by atoms with Crippen LogP contribution in [0, 0.1) is 5.82 Å². The largest absolute Gasteiger partial charge is 0.480 e. The van der Waals surface area contributed by atoms with Gasteiger partial charge in [-0.2, -0.15) is 11.8 Å². The van der Waals surface area contributed by atoms with Gasteiger partial charge >= 0.3 is 5.97 Å². The number of carboxylic acid groups (broad SMARTS) is 1.